The fraction of sp³-hybridized carbons (Fsp3) is 0.200. The van der Waals surface area contributed by atoms with Crippen molar-refractivity contribution < 1.29 is 9.53 Å². The summed E-state index contributed by atoms with van der Waals surface area (Å²) < 4.78 is 5.41. The molecule has 0 saturated heterocycles. The van der Waals surface area contributed by atoms with E-state index in [-0.39, 0.29) is 11.9 Å². The number of ether oxygens (including phenoxy) is 1. The number of rotatable bonds is 5. The highest BCUT2D eigenvalue weighted by Crippen LogP contribution is 2.19. The average Bonchev–Trinajstić information content (AvgIpc) is 2.61. The van der Waals surface area contributed by atoms with Crippen molar-refractivity contribution in [2.45, 2.75) is 20.0 Å². The van der Waals surface area contributed by atoms with Crippen LogP contribution in [-0.2, 0) is 22.6 Å². The van der Waals surface area contributed by atoms with Crippen LogP contribution in [0.15, 0.2) is 66.9 Å². The van der Waals surface area contributed by atoms with Gasteiger partial charge in [-0.3, -0.25) is 9.78 Å². The van der Waals surface area contributed by atoms with E-state index >= 15 is 0 Å². The number of nitrogens with zero attached hydrogens (tertiary/aromatic N) is 1. The van der Waals surface area contributed by atoms with Gasteiger partial charge in [-0.25, -0.2) is 0 Å². The molecule has 3 heteroatoms. The van der Waals surface area contributed by atoms with E-state index in [0.717, 1.165) is 22.0 Å². The first-order chi connectivity index (χ1) is 11.2. The van der Waals surface area contributed by atoms with Crippen molar-refractivity contribution in [2.75, 3.05) is 0 Å². The monoisotopic (exact) mass is 305 g/mol. The van der Waals surface area contributed by atoms with Crippen LogP contribution in [0.3, 0.4) is 0 Å². The summed E-state index contributed by atoms with van der Waals surface area (Å²) in [4.78, 5) is 16.6. The number of aromatic nitrogens is 1. The molecule has 0 bridgehead atoms. The first-order valence-corrected chi connectivity index (χ1v) is 7.77. The van der Waals surface area contributed by atoms with E-state index in [1.165, 1.54) is 0 Å². The number of benzene rings is 2. The summed E-state index contributed by atoms with van der Waals surface area (Å²) in [5.74, 6) is -0.416. The van der Waals surface area contributed by atoms with E-state index in [1.54, 1.807) is 6.20 Å². The van der Waals surface area contributed by atoms with Crippen molar-refractivity contribution in [1.29, 1.82) is 0 Å². The van der Waals surface area contributed by atoms with Crippen LogP contribution >= 0.6 is 0 Å². The van der Waals surface area contributed by atoms with Crippen LogP contribution in [0.4, 0.5) is 0 Å². The number of hydrogen-bond donors (Lipinski definition) is 0. The van der Waals surface area contributed by atoms with Crippen LogP contribution in [0, 0.1) is 5.92 Å². The van der Waals surface area contributed by atoms with Crippen LogP contribution in [0.2, 0.25) is 0 Å². The molecule has 0 spiro atoms. The lowest BCUT2D eigenvalue weighted by Gasteiger charge is -2.12. The smallest absolute Gasteiger partial charge is 0.309 e. The third-order valence-electron chi connectivity index (χ3n) is 3.88. The van der Waals surface area contributed by atoms with Gasteiger partial charge in [-0.1, -0.05) is 61.5 Å². The largest absolute Gasteiger partial charge is 0.461 e. The SMILES string of the molecule is CC(Cc1nccc2ccccc12)C(=O)OCc1ccccc1. The van der Waals surface area contributed by atoms with Crippen LogP contribution < -0.4 is 0 Å². The Balaban J connectivity index is 1.66. The molecule has 0 radical (unpaired) electrons. The Morgan fingerprint density at radius 2 is 1.78 bits per heavy atom. The standard InChI is InChI=1S/C20H19NO2/c1-15(20(22)23-14-16-7-3-2-4-8-16)13-19-18-10-6-5-9-17(18)11-12-21-19/h2-12,15H,13-14H2,1H3. The van der Waals surface area contributed by atoms with Gasteiger partial charge in [-0.05, 0) is 17.0 Å². The Morgan fingerprint density at radius 3 is 2.61 bits per heavy atom. The molecule has 3 aromatic rings. The summed E-state index contributed by atoms with van der Waals surface area (Å²) >= 11 is 0. The van der Waals surface area contributed by atoms with Crippen LogP contribution in [0.25, 0.3) is 10.8 Å². The van der Waals surface area contributed by atoms with Gasteiger partial charge in [0.05, 0.1) is 5.92 Å². The van der Waals surface area contributed by atoms with Crippen molar-refractivity contribution >= 4 is 16.7 Å². The lowest BCUT2D eigenvalue weighted by atomic mass is 10.0. The maximum absolute atomic E-state index is 12.2. The molecule has 0 saturated carbocycles. The molecule has 1 aromatic heterocycles. The Bertz CT molecular complexity index is 794. The van der Waals surface area contributed by atoms with Gasteiger partial charge in [0.25, 0.3) is 0 Å². The van der Waals surface area contributed by atoms with Gasteiger partial charge in [0.1, 0.15) is 6.61 Å². The molecule has 1 atom stereocenters. The zero-order valence-corrected chi connectivity index (χ0v) is 13.1. The van der Waals surface area contributed by atoms with E-state index in [1.807, 2.05) is 61.5 Å². The molecule has 0 aliphatic rings. The molecule has 2 aromatic carbocycles. The molecule has 1 unspecified atom stereocenters. The van der Waals surface area contributed by atoms with E-state index in [4.69, 9.17) is 4.74 Å². The fourth-order valence-electron chi connectivity index (χ4n) is 2.59. The average molecular weight is 305 g/mol. The molecule has 23 heavy (non-hydrogen) atoms. The minimum atomic E-state index is -0.225. The predicted octanol–water partition coefficient (Wildman–Crippen LogP) is 4.16. The maximum atomic E-state index is 12.2. The van der Waals surface area contributed by atoms with Gasteiger partial charge in [-0.2, -0.15) is 0 Å². The highest BCUT2D eigenvalue weighted by Gasteiger charge is 2.17. The summed E-state index contributed by atoms with van der Waals surface area (Å²) in [5, 5.41) is 2.24. The second-order valence-electron chi connectivity index (χ2n) is 5.68. The molecule has 3 nitrogen and oxygen atoms in total. The number of carbonyl (C=O) groups excluding carboxylic acids is 1. The third-order valence-corrected chi connectivity index (χ3v) is 3.88. The van der Waals surface area contributed by atoms with Gasteiger partial charge >= 0.3 is 5.97 Å². The quantitative estimate of drug-likeness (QED) is 0.665. The molecule has 1 heterocycles. The minimum Gasteiger partial charge on any atom is -0.461 e. The van der Waals surface area contributed by atoms with Crippen molar-refractivity contribution in [3.8, 4) is 0 Å². The van der Waals surface area contributed by atoms with Gasteiger partial charge in [0.15, 0.2) is 0 Å². The number of esters is 1. The summed E-state index contributed by atoms with van der Waals surface area (Å²) in [6.07, 6.45) is 2.37. The van der Waals surface area contributed by atoms with Crippen molar-refractivity contribution in [3.63, 3.8) is 0 Å². The molecular weight excluding hydrogens is 286 g/mol. The Morgan fingerprint density at radius 1 is 1.04 bits per heavy atom. The molecule has 116 valence electrons. The van der Waals surface area contributed by atoms with Crippen molar-refractivity contribution in [3.05, 3.63) is 78.1 Å². The fourth-order valence-corrected chi connectivity index (χ4v) is 2.59. The van der Waals surface area contributed by atoms with Gasteiger partial charge < -0.3 is 4.74 Å². The Kier molecular flexibility index (Phi) is 4.67. The second kappa shape index (κ2) is 7.05. The maximum Gasteiger partial charge on any atom is 0.309 e. The molecule has 3 rings (SSSR count). The molecule has 0 aliphatic carbocycles. The highest BCUT2D eigenvalue weighted by molar-refractivity contribution is 5.84. The Labute approximate surface area is 135 Å². The lowest BCUT2D eigenvalue weighted by Crippen LogP contribution is -2.17. The molecule has 0 aliphatic heterocycles. The summed E-state index contributed by atoms with van der Waals surface area (Å²) in [7, 11) is 0. The molecule has 0 amide bonds. The number of fused-ring (bicyclic) bond motifs is 1. The molecular formula is C20H19NO2. The van der Waals surface area contributed by atoms with Crippen LogP contribution in [0.5, 0.6) is 0 Å². The van der Waals surface area contributed by atoms with Gasteiger partial charge in [-0.15, -0.1) is 0 Å². The topological polar surface area (TPSA) is 39.2 Å². The summed E-state index contributed by atoms with van der Waals surface area (Å²) in [5.41, 5.74) is 1.93. The summed E-state index contributed by atoms with van der Waals surface area (Å²) in [6, 6.07) is 19.8. The van der Waals surface area contributed by atoms with E-state index in [9.17, 15) is 4.79 Å². The normalized spacial score (nSPS) is 12.0. The van der Waals surface area contributed by atoms with E-state index < -0.39 is 0 Å². The van der Waals surface area contributed by atoms with Crippen molar-refractivity contribution in [2.24, 2.45) is 5.92 Å². The van der Waals surface area contributed by atoms with Crippen LogP contribution in [-0.4, -0.2) is 11.0 Å². The number of pyridine rings is 1. The highest BCUT2D eigenvalue weighted by atomic mass is 16.5. The van der Waals surface area contributed by atoms with E-state index in [2.05, 4.69) is 11.1 Å². The predicted molar refractivity (Wildman–Crippen MR) is 90.8 cm³/mol. The lowest BCUT2D eigenvalue weighted by molar-refractivity contribution is -0.149. The molecule has 0 N–H and O–H groups in total. The Hall–Kier alpha value is -2.68. The first kappa shape index (κ1) is 15.2. The van der Waals surface area contributed by atoms with E-state index in [0.29, 0.717) is 13.0 Å². The minimum absolute atomic E-state index is 0.191. The summed E-state index contributed by atoms with van der Waals surface area (Å²) in [6.45, 7) is 2.20. The first-order valence-electron chi connectivity index (χ1n) is 7.77. The number of hydrogen-bond acceptors (Lipinski definition) is 3. The number of carbonyl (C=O) groups is 1. The van der Waals surface area contributed by atoms with Crippen LogP contribution in [0.1, 0.15) is 18.2 Å². The van der Waals surface area contributed by atoms with Gasteiger partial charge in [0, 0.05) is 23.7 Å². The molecule has 0 fully saturated rings. The second-order valence-corrected chi connectivity index (χ2v) is 5.68. The zero-order chi connectivity index (χ0) is 16.1. The zero-order valence-electron chi connectivity index (χ0n) is 13.1. The third kappa shape index (κ3) is 3.75. The van der Waals surface area contributed by atoms with Crippen molar-refractivity contribution in [1.82, 2.24) is 4.98 Å². The van der Waals surface area contributed by atoms with Gasteiger partial charge in [0.2, 0.25) is 0 Å².